The molecule has 1 atom stereocenters. The summed E-state index contributed by atoms with van der Waals surface area (Å²) in [6.07, 6.45) is 4.71. The SMILES string of the molecule is I.NC(=NCC1CCCC(=O)N1)NC1CCN(Cc2ccccc2)CC1. The fourth-order valence-corrected chi connectivity index (χ4v) is 3.56. The van der Waals surface area contributed by atoms with Gasteiger partial charge in [0.2, 0.25) is 5.91 Å². The van der Waals surface area contributed by atoms with E-state index in [4.69, 9.17) is 5.73 Å². The molecular weight excluding hydrogens is 441 g/mol. The maximum absolute atomic E-state index is 11.4. The lowest BCUT2D eigenvalue weighted by Gasteiger charge is -2.32. The smallest absolute Gasteiger partial charge is 0.220 e. The second-order valence-corrected chi connectivity index (χ2v) is 7.06. The minimum atomic E-state index is 0. The zero-order valence-corrected chi connectivity index (χ0v) is 17.5. The van der Waals surface area contributed by atoms with Gasteiger partial charge in [-0.05, 0) is 31.2 Å². The molecule has 0 aliphatic carbocycles. The average Bonchev–Trinajstić information content (AvgIpc) is 2.63. The third-order valence-electron chi connectivity index (χ3n) is 4.99. The summed E-state index contributed by atoms with van der Waals surface area (Å²) in [7, 11) is 0. The van der Waals surface area contributed by atoms with Gasteiger partial charge in [-0.1, -0.05) is 30.3 Å². The number of benzene rings is 1. The Bertz CT molecular complexity index is 587. The molecule has 144 valence electrons. The fraction of sp³-hybridized carbons (Fsp3) is 0.579. The van der Waals surface area contributed by atoms with E-state index < -0.39 is 0 Å². The Morgan fingerprint density at radius 2 is 1.96 bits per heavy atom. The second-order valence-electron chi connectivity index (χ2n) is 7.06. The predicted molar refractivity (Wildman–Crippen MR) is 116 cm³/mol. The van der Waals surface area contributed by atoms with E-state index in [1.54, 1.807) is 0 Å². The molecule has 2 fully saturated rings. The van der Waals surface area contributed by atoms with Crippen LogP contribution in [0.4, 0.5) is 0 Å². The summed E-state index contributed by atoms with van der Waals surface area (Å²) < 4.78 is 0. The van der Waals surface area contributed by atoms with E-state index in [9.17, 15) is 4.79 Å². The molecule has 2 aliphatic rings. The number of amides is 1. The number of guanidine groups is 1. The number of nitrogens with one attached hydrogen (secondary N) is 2. The van der Waals surface area contributed by atoms with Crippen molar-refractivity contribution in [2.24, 2.45) is 10.7 Å². The number of likely N-dealkylation sites (tertiary alicyclic amines) is 1. The minimum Gasteiger partial charge on any atom is -0.370 e. The van der Waals surface area contributed by atoms with Gasteiger partial charge in [0.15, 0.2) is 5.96 Å². The summed E-state index contributed by atoms with van der Waals surface area (Å²) in [5.74, 6) is 0.630. The van der Waals surface area contributed by atoms with Crippen LogP contribution in [0, 0.1) is 0 Å². The lowest BCUT2D eigenvalue weighted by Crippen LogP contribution is -2.47. The molecule has 2 aliphatic heterocycles. The molecule has 4 N–H and O–H groups in total. The molecule has 7 heteroatoms. The Labute approximate surface area is 173 Å². The first kappa shape index (κ1) is 21.0. The third kappa shape index (κ3) is 6.75. The molecular formula is C19H30IN5O. The maximum atomic E-state index is 11.4. The molecule has 1 unspecified atom stereocenters. The zero-order valence-electron chi connectivity index (χ0n) is 15.2. The standard InChI is InChI=1S/C19H29N5O.HI/c20-19(21-13-17-7-4-8-18(25)22-17)23-16-9-11-24(12-10-16)14-15-5-2-1-3-6-15;/h1-3,5-6,16-17H,4,7-14H2,(H,22,25)(H3,20,21,23);1H. The summed E-state index contributed by atoms with van der Waals surface area (Å²) in [5, 5.41) is 6.31. The van der Waals surface area contributed by atoms with Crippen LogP contribution in [0.2, 0.25) is 0 Å². The molecule has 0 spiro atoms. The molecule has 1 amide bonds. The van der Waals surface area contributed by atoms with E-state index in [0.29, 0.717) is 25.0 Å². The van der Waals surface area contributed by atoms with Crippen molar-refractivity contribution in [2.75, 3.05) is 19.6 Å². The lowest BCUT2D eigenvalue weighted by molar-refractivity contribution is -0.123. The molecule has 0 radical (unpaired) electrons. The van der Waals surface area contributed by atoms with Gasteiger partial charge < -0.3 is 16.4 Å². The zero-order chi connectivity index (χ0) is 17.5. The Morgan fingerprint density at radius 1 is 1.23 bits per heavy atom. The number of piperidine rings is 2. The molecule has 2 saturated heterocycles. The van der Waals surface area contributed by atoms with Gasteiger partial charge in [0.25, 0.3) is 0 Å². The van der Waals surface area contributed by atoms with Gasteiger partial charge in [0, 0.05) is 38.1 Å². The highest BCUT2D eigenvalue weighted by molar-refractivity contribution is 14.0. The van der Waals surface area contributed by atoms with Crippen molar-refractivity contribution in [1.82, 2.24) is 15.5 Å². The van der Waals surface area contributed by atoms with E-state index in [1.807, 2.05) is 0 Å². The van der Waals surface area contributed by atoms with E-state index in [-0.39, 0.29) is 35.9 Å². The minimum absolute atomic E-state index is 0. The molecule has 6 nitrogen and oxygen atoms in total. The fourth-order valence-electron chi connectivity index (χ4n) is 3.56. The van der Waals surface area contributed by atoms with Crippen molar-refractivity contribution in [3.63, 3.8) is 0 Å². The first-order valence-corrected chi connectivity index (χ1v) is 9.31. The van der Waals surface area contributed by atoms with Crippen molar-refractivity contribution >= 4 is 35.8 Å². The second kappa shape index (κ2) is 10.7. The highest BCUT2D eigenvalue weighted by Gasteiger charge is 2.20. The molecule has 1 aromatic carbocycles. The van der Waals surface area contributed by atoms with Crippen LogP contribution in [-0.4, -0.2) is 48.5 Å². The van der Waals surface area contributed by atoms with Crippen molar-refractivity contribution in [3.8, 4) is 0 Å². The first-order chi connectivity index (χ1) is 12.2. The number of hydrogen-bond acceptors (Lipinski definition) is 3. The number of nitrogens with zero attached hydrogens (tertiary/aromatic N) is 2. The Kier molecular flexibility index (Phi) is 8.64. The Morgan fingerprint density at radius 3 is 2.65 bits per heavy atom. The Balaban J connectivity index is 0.00000243. The molecule has 0 bridgehead atoms. The van der Waals surface area contributed by atoms with Gasteiger partial charge in [0.1, 0.15) is 0 Å². The van der Waals surface area contributed by atoms with Crippen molar-refractivity contribution in [2.45, 2.75) is 50.7 Å². The van der Waals surface area contributed by atoms with E-state index >= 15 is 0 Å². The van der Waals surface area contributed by atoms with Crippen LogP contribution < -0.4 is 16.4 Å². The highest BCUT2D eigenvalue weighted by Crippen LogP contribution is 2.14. The summed E-state index contributed by atoms with van der Waals surface area (Å²) in [5.41, 5.74) is 7.39. The first-order valence-electron chi connectivity index (χ1n) is 9.31. The average molecular weight is 471 g/mol. The van der Waals surface area contributed by atoms with Crippen molar-refractivity contribution in [3.05, 3.63) is 35.9 Å². The molecule has 2 heterocycles. The van der Waals surface area contributed by atoms with Gasteiger partial charge in [-0.15, -0.1) is 24.0 Å². The van der Waals surface area contributed by atoms with Gasteiger partial charge >= 0.3 is 0 Å². The third-order valence-corrected chi connectivity index (χ3v) is 4.99. The normalized spacial score (nSPS) is 22.4. The monoisotopic (exact) mass is 471 g/mol. The summed E-state index contributed by atoms with van der Waals surface area (Å²) in [6, 6.07) is 11.1. The number of carbonyl (C=O) groups is 1. The summed E-state index contributed by atoms with van der Waals surface area (Å²) in [4.78, 5) is 18.3. The van der Waals surface area contributed by atoms with Gasteiger partial charge in [-0.3, -0.25) is 14.7 Å². The molecule has 0 aromatic heterocycles. The molecule has 26 heavy (non-hydrogen) atoms. The van der Waals surface area contributed by atoms with Crippen LogP contribution in [0.15, 0.2) is 35.3 Å². The van der Waals surface area contributed by atoms with Gasteiger partial charge in [-0.2, -0.15) is 0 Å². The van der Waals surface area contributed by atoms with Crippen LogP contribution in [0.3, 0.4) is 0 Å². The van der Waals surface area contributed by atoms with Crippen LogP contribution in [0.5, 0.6) is 0 Å². The Hall–Kier alpha value is -1.35. The van der Waals surface area contributed by atoms with E-state index in [0.717, 1.165) is 45.3 Å². The summed E-state index contributed by atoms with van der Waals surface area (Å²) in [6.45, 7) is 3.72. The van der Waals surface area contributed by atoms with Crippen LogP contribution in [0.1, 0.15) is 37.7 Å². The molecule has 0 saturated carbocycles. The highest BCUT2D eigenvalue weighted by atomic mass is 127. The molecule has 3 rings (SSSR count). The van der Waals surface area contributed by atoms with Crippen LogP contribution in [0.25, 0.3) is 0 Å². The van der Waals surface area contributed by atoms with Crippen LogP contribution in [-0.2, 0) is 11.3 Å². The van der Waals surface area contributed by atoms with E-state index in [1.165, 1.54) is 5.56 Å². The maximum Gasteiger partial charge on any atom is 0.220 e. The lowest BCUT2D eigenvalue weighted by atomic mass is 10.0. The quantitative estimate of drug-likeness (QED) is 0.348. The number of rotatable bonds is 5. The van der Waals surface area contributed by atoms with Crippen molar-refractivity contribution < 1.29 is 4.79 Å². The van der Waals surface area contributed by atoms with Crippen molar-refractivity contribution in [1.29, 1.82) is 0 Å². The van der Waals surface area contributed by atoms with Gasteiger partial charge in [-0.25, -0.2) is 0 Å². The number of nitrogens with two attached hydrogens (primary N) is 1. The number of hydrogen-bond donors (Lipinski definition) is 3. The molecule has 1 aromatic rings. The number of carbonyl (C=O) groups excluding carboxylic acids is 1. The topological polar surface area (TPSA) is 82.7 Å². The van der Waals surface area contributed by atoms with E-state index in [2.05, 4.69) is 50.9 Å². The number of aliphatic imine (C=N–C) groups is 1. The summed E-state index contributed by atoms with van der Waals surface area (Å²) >= 11 is 0. The largest absolute Gasteiger partial charge is 0.370 e. The number of halogens is 1. The van der Waals surface area contributed by atoms with Crippen LogP contribution >= 0.6 is 24.0 Å². The predicted octanol–water partition coefficient (Wildman–Crippen LogP) is 1.84. The van der Waals surface area contributed by atoms with Gasteiger partial charge in [0.05, 0.1) is 6.54 Å².